The summed E-state index contributed by atoms with van der Waals surface area (Å²) in [5.74, 6) is -1.80. The van der Waals surface area contributed by atoms with Crippen molar-refractivity contribution in [2.75, 3.05) is 41.0 Å². The number of carboxylic acid groups (broad SMARTS) is 1. The van der Waals surface area contributed by atoms with E-state index in [-0.39, 0.29) is 42.7 Å². The van der Waals surface area contributed by atoms with E-state index < -0.39 is 18.1 Å². The van der Waals surface area contributed by atoms with E-state index >= 15 is 0 Å². The average molecular weight is 838 g/mol. The van der Waals surface area contributed by atoms with Crippen molar-refractivity contribution in [2.24, 2.45) is 0 Å². The quantitative estimate of drug-likeness (QED) is 0.0199. The predicted molar refractivity (Wildman–Crippen MR) is 249 cm³/mol. The topological polar surface area (TPSA) is 102 Å². The lowest BCUT2D eigenvalue weighted by atomic mass is 10.1. The molecule has 0 heterocycles. The summed E-state index contributed by atoms with van der Waals surface area (Å²) < 4.78 is 17.2. The molecular formula is C52H87NO7. The van der Waals surface area contributed by atoms with Gasteiger partial charge in [-0.2, -0.15) is 0 Å². The highest BCUT2D eigenvalue weighted by atomic mass is 16.6. The first-order valence-electron chi connectivity index (χ1n) is 23.7. The van der Waals surface area contributed by atoms with Crippen LogP contribution >= 0.6 is 0 Å². The van der Waals surface area contributed by atoms with Crippen LogP contribution in [0.1, 0.15) is 174 Å². The Balaban J connectivity index is 4.40. The molecule has 0 spiro atoms. The molecule has 2 unspecified atom stereocenters. The van der Waals surface area contributed by atoms with E-state index in [0.29, 0.717) is 19.3 Å². The summed E-state index contributed by atoms with van der Waals surface area (Å²) >= 11 is 0. The second kappa shape index (κ2) is 42.2. The zero-order valence-corrected chi connectivity index (χ0v) is 38.8. The van der Waals surface area contributed by atoms with Crippen molar-refractivity contribution in [2.45, 2.75) is 187 Å². The molecule has 0 aliphatic rings. The molecule has 60 heavy (non-hydrogen) atoms. The second-order valence-corrected chi connectivity index (χ2v) is 16.8. The molecule has 0 saturated heterocycles. The second-order valence-electron chi connectivity index (χ2n) is 16.8. The van der Waals surface area contributed by atoms with Crippen LogP contribution in [-0.4, -0.2) is 75.5 Å². The molecule has 0 aromatic rings. The molecule has 0 saturated carbocycles. The maximum absolute atomic E-state index is 12.8. The lowest BCUT2D eigenvalue weighted by molar-refractivity contribution is -0.889. The van der Waals surface area contributed by atoms with Crippen LogP contribution in [-0.2, 0) is 28.6 Å². The van der Waals surface area contributed by atoms with Crippen molar-refractivity contribution in [3.05, 3.63) is 85.1 Å². The maximum atomic E-state index is 12.8. The lowest BCUT2D eigenvalue weighted by Gasteiger charge is -2.34. The van der Waals surface area contributed by atoms with Crippen molar-refractivity contribution >= 4 is 17.9 Å². The third-order valence-electron chi connectivity index (χ3n) is 10.2. The van der Waals surface area contributed by atoms with E-state index in [1.54, 1.807) is 21.1 Å². The Morgan fingerprint density at radius 2 is 0.950 bits per heavy atom. The van der Waals surface area contributed by atoms with E-state index in [4.69, 9.17) is 14.2 Å². The number of esters is 2. The van der Waals surface area contributed by atoms with Gasteiger partial charge in [-0.25, -0.2) is 0 Å². The number of rotatable bonds is 41. The fourth-order valence-electron chi connectivity index (χ4n) is 6.51. The van der Waals surface area contributed by atoms with Crippen LogP contribution in [0, 0.1) is 0 Å². The molecule has 0 N–H and O–H groups in total. The molecule has 0 aromatic heterocycles. The monoisotopic (exact) mass is 838 g/mol. The summed E-state index contributed by atoms with van der Waals surface area (Å²) in [6.45, 7) is 4.46. The van der Waals surface area contributed by atoms with Gasteiger partial charge in [0.1, 0.15) is 12.6 Å². The van der Waals surface area contributed by atoms with Gasteiger partial charge in [-0.3, -0.25) is 9.59 Å². The Hall–Kier alpha value is -3.49. The highest BCUT2D eigenvalue weighted by Gasteiger charge is 2.25. The van der Waals surface area contributed by atoms with Gasteiger partial charge in [0.25, 0.3) is 0 Å². The summed E-state index contributed by atoms with van der Waals surface area (Å²) in [5, 5.41) is 11.6. The van der Waals surface area contributed by atoms with Crippen LogP contribution in [0.2, 0.25) is 0 Å². The standard InChI is InChI=1S/C52H87NO7/c1-6-8-10-12-14-16-18-20-22-24-25-27-29-31-33-35-37-39-41-43-51(55)60-48(46-58-45-44-49(52(56)57)53(3,4)5)47-59-50(54)42-40-38-36-34-32-30-28-26-23-21-19-17-15-13-11-9-7-2/h9,11,13,15,17,19,21,23-26,28,30,32,48-49H,6-8,10,12,14,16,18,20,22,27,29,31,33-47H2,1-5H3/b11-9+,15-13+,19-17+,23-21+,25-24+,28-26+,32-30+. The SMILES string of the molecule is CC/C=C/C=C/C=C/C=C/C=C/C=C/CCCCCC(=O)OCC(COCCC(C(=O)[O-])[N+](C)(C)C)OC(=O)CCCCCCCCC/C=C/CCCCCCCCCC. The van der Waals surface area contributed by atoms with E-state index in [2.05, 4.69) is 38.2 Å². The van der Waals surface area contributed by atoms with Gasteiger partial charge in [-0.15, -0.1) is 0 Å². The first-order chi connectivity index (χ1) is 29.1. The van der Waals surface area contributed by atoms with Gasteiger partial charge < -0.3 is 28.6 Å². The fraction of sp³-hybridized carbons (Fsp3) is 0.673. The third-order valence-corrected chi connectivity index (χ3v) is 10.2. The number of carbonyl (C=O) groups excluding carboxylic acids is 3. The summed E-state index contributed by atoms with van der Waals surface area (Å²) in [6.07, 6.45) is 54.6. The average Bonchev–Trinajstić information content (AvgIpc) is 3.21. The van der Waals surface area contributed by atoms with Crippen molar-refractivity contribution in [3.8, 4) is 0 Å². The number of allylic oxidation sites excluding steroid dienone is 14. The van der Waals surface area contributed by atoms with Crippen LogP contribution in [0.3, 0.4) is 0 Å². The van der Waals surface area contributed by atoms with Gasteiger partial charge in [0.15, 0.2) is 6.10 Å². The minimum Gasteiger partial charge on any atom is -0.544 e. The van der Waals surface area contributed by atoms with Gasteiger partial charge in [0, 0.05) is 19.3 Å². The lowest BCUT2D eigenvalue weighted by Crippen LogP contribution is -2.55. The molecule has 342 valence electrons. The van der Waals surface area contributed by atoms with E-state index in [0.717, 1.165) is 44.9 Å². The van der Waals surface area contributed by atoms with Crippen molar-refractivity contribution in [1.29, 1.82) is 0 Å². The summed E-state index contributed by atoms with van der Waals surface area (Å²) in [6, 6.07) is -0.738. The molecule has 8 heteroatoms. The Morgan fingerprint density at radius 3 is 1.45 bits per heavy atom. The van der Waals surface area contributed by atoms with E-state index in [1.807, 2.05) is 60.8 Å². The Kier molecular flexibility index (Phi) is 39.8. The Morgan fingerprint density at radius 1 is 0.517 bits per heavy atom. The zero-order chi connectivity index (χ0) is 44.2. The summed E-state index contributed by atoms with van der Waals surface area (Å²) in [7, 11) is 5.39. The third kappa shape index (κ3) is 39.9. The number of hydrogen-bond acceptors (Lipinski definition) is 7. The van der Waals surface area contributed by atoms with Gasteiger partial charge >= 0.3 is 11.9 Å². The van der Waals surface area contributed by atoms with Crippen LogP contribution < -0.4 is 5.11 Å². The Bertz CT molecular complexity index is 1250. The maximum Gasteiger partial charge on any atom is 0.306 e. The molecule has 0 aliphatic heterocycles. The van der Waals surface area contributed by atoms with Gasteiger partial charge in [-0.05, 0) is 57.8 Å². The van der Waals surface area contributed by atoms with Crippen molar-refractivity contribution in [3.63, 3.8) is 0 Å². The summed E-state index contributed by atoms with van der Waals surface area (Å²) in [4.78, 5) is 36.9. The number of likely N-dealkylation sites (N-methyl/N-ethyl adjacent to an activating group) is 1. The molecule has 0 aliphatic carbocycles. The number of nitrogens with zero attached hydrogens (tertiary/aromatic N) is 1. The zero-order valence-electron chi connectivity index (χ0n) is 38.8. The largest absolute Gasteiger partial charge is 0.544 e. The first-order valence-corrected chi connectivity index (χ1v) is 23.7. The molecule has 0 rings (SSSR count). The molecule has 8 nitrogen and oxygen atoms in total. The molecule has 2 atom stereocenters. The van der Waals surface area contributed by atoms with Gasteiger partial charge in [-0.1, -0.05) is 182 Å². The number of quaternary nitrogens is 1. The number of aliphatic carboxylic acids is 1. The number of carbonyl (C=O) groups is 3. The van der Waals surface area contributed by atoms with Crippen LogP contribution in [0.25, 0.3) is 0 Å². The van der Waals surface area contributed by atoms with Crippen LogP contribution in [0.4, 0.5) is 0 Å². The molecule has 0 radical (unpaired) electrons. The highest BCUT2D eigenvalue weighted by Crippen LogP contribution is 2.14. The van der Waals surface area contributed by atoms with Gasteiger partial charge in [0.05, 0.1) is 40.3 Å². The fourth-order valence-corrected chi connectivity index (χ4v) is 6.51. The van der Waals surface area contributed by atoms with Crippen molar-refractivity contribution in [1.82, 2.24) is 0 Å². The first kappa shape index (κ1) is 56.5. The minimum absolute atomic E-state index is 0.0197. The van der Waals surface area contributed by atoms with E-state index in [9.17, 15) is 19.5 Å². The van der Waals surface area contributed by atoms with E-state index in [1.165, 1.54) is 89.9 Å². The number of carboxylic acids is 1. The van der Waals surface area contributed by atoms with Crippen molar-refractivity contribution < 1.29 is 38.2 Å². The molecule has 0 fully saturated rings. The molecule has 0 aromatic carbocycles. The predicted octanol–water partition coefficient (Wildman–Crippen LogP) is 12.0. The summed E-state index contributed by atoms with van der Waals surface area (Å²) in [5.41, 5.74) is 0. The smallest absolute Gasteiger partial charge is 0.306 e. The normalized spacial score (nSPS) is 13.7. The minimum atomic E-state index is -1.14. The molecular weight excluding hydrogens is 751 g/mol. The number of unbranched alkanes of at least 4 members (excludes halogenated alkanes) is 18. The highest BCUT2D eigenvalue weighted by molar-refractivity contribution is 5.70. The molecule has 0 amide bonds. The van der Waals surface area contributed by atoms with Crippen LogP contribution in [0.5, 0.6) is 0 Å². The Labute approximate surface area is 367 Å². The van der Waals surface area contributed by atoms with Crippen LogP contribution in [0.15, 0.2) is 85.1 Å². The number of hydrogen-bond donors (Lipinski definition) is 0. The molecule has 0 bridgehead atoms. The number of ether oxygens (including phenoxy) is 3. The van der Waals surface area contributed by atoms with Gasteiger partial charge in [0.2, 0.25) is 0 Å².